The van der Waals surface area contributed by atoms with E-state index in [1.54, 1.807) is 36.4 Å². The van der Waals surface area contributed by atoms with Crippen molar-refractivity contribution in [1.82, 2.24) is 0 Å². The average molecular weight is 389 g/mol. The fourth-order valence-electron chi connectivity index (χ4n) is 2.97. The van der Waals surface area contributed by atoms with Crippen LogP contribution in [-0.4, -0.2) is 16.7 Å². The van der Waals surface area contributed by atoms with Crippen molar-refractivity contribution in [3.8, 4) is 0 Å². The average Bonchev–Trinajstić information content (AvgIpc) is 2.68. The number of rotatable bonds is 5. The van der Waals surface area contributed by atoms with Gasteiger partial charge in [-0.2, -0.15) is 0 Å². The predicted octanol–water partition coefficient (Wildman–Crippen LogP) is 4.72. The first kappa shape index (κ1) is 19.8. The van der Waals surface area contributed by atoms with Crippen LogP contribution in [0.15, 0.2) is 66.7 Å². The third-order valence-corrected chi connectivity index (χ3v) is 4.51. The van der Waals surface area contributed by atoms with Gasteiger partial charge in [0.1, 0.15) is 0 Å². The number of nitrogens with one attached hydrogen (secondary N) is 2. The molecule has 0 aromatic heterocycles. The zero-order valence-corrected chi connectivity index (χ0v) is 15.9. The van der Waals surface area contributed by atoms with Gasteiger partial charge < -0.3 is 10.6 Å². The van der Waals surface area contributed by atoms with Gasteiger partial charge in [0.05, 0.1) is 4.92 Å². The van der Waals surface area contributed by atoms with Gasteiger partial charge in [0.15, 0.2) is 0 Å². The van der Waals surface area contributed by atoms with E-state index in [1.165, 1.54) is 25.1 Å². The highest BCUT2D eigenvalue weighted by Crippen LogP contribution is 2.23. The highest BCUT2D eigenvalue weighted by Gasteiger charge is 2.18. The summed E-state index contributed by atoms with van der Waals surface area (Å²) >= 11 is 0. The Bertz CT molecular complexity index is 1110. The Kier molecular flexibility index (Phi) is 5.69. The van der Waals surface area contributed by atoms with Crippen LogP contribution in [0.4, 0.5) is 17.1 Å². The van der Waals surface area contributed by atoms with E-state index in [-0.39, 0.29) is 17.2 Å². The lowest BCUT2D eigenvalue weighted by atomic mass is 10.1. The summed E-state index contributed by atoms with van der Waals surface area (Å²) in [4.78, 5) is 35.6. The highest BCUT2D eigenvalue weighted by atomic mass is 16.6. The van der Waals surface area contributed by atoms with Gasteiger partial charge in [0.2, 0.25) is 0 Å². The topological polar surface area (TPSA) is 101 Å². The summed E-state index contributed by atoms with van der Waals surface area (Å²) in [6.07, 6.45) is 0. The van der Waals surface area contributed by atoms with E-state index in [2.05, 4.69) is 10.6 Å². The molecule has 0 spiro atoms. The van der Waals surface area contributed by atoms with Gasteiger partial charge in [-0.1, -0.05) is 30.3 Å². The summed E-state index contributed by atoms with van der Waals surface area (Å²) in [5.41, 5.74) is 2.80. The van der Waals surface area contributed by atoms with Crippen LogP contribution < -0.4 is 10.6 Å². The van der Waals surface area contributed by atoms with Crippen molar-refractivity contribution in [1.29, 1.82) is 0 Å². The quantitative estimate of drug-likeness (QED) is 0.487. The van der Waals surface area contributed by atoms with Crippen LogP contribution in [0.25, 0.3) is 0 Å². The Labute approximate surface area is 167 Å². The van der Waals surface area contributed by atoms with Crippen molar-refractivity contribution >= 4 is 28.9 Å². The summed E-state index contributed by atoms with van der Waals surface area (Å²) in [7, 11) is 0. The maximum Gasteiger partial charge on any atom is 0.273 e. The molecule has 0 aliphatic carbocycles. The third kappa shape index (κ3) is 4.47. The zero-order chi connectivity index (χ0) is 21.0. The van der Waals surface area contributed by atoms with Crippen molar-refractivity contribution in [3.05, 3.63) is 99.1 Å². The number of nitrogens with zero attached hydrogens (tertiary/aromatic N) is 1. The molecule has 0 unspecified atom stereocenters. The first-order valence-electron chi connectivity index (χ1n) is 8.89. The van der Waals surface area contributed by atoms with Gasteiger partial charge in [-0.25, -0.2) is 0 Å². The second-order valence-electron chi connectivity index (χ2n) is 6.51. The molecule has 2 amide bonds. The van der Waals surface area contributed by atoms with E-state index in [4.69, 9.17) is 0 Å². The lowest BCUT2D eigenvalue weighted by Gasteiger charge is -2.11. The van der Waals surface area contributed by atoms with Crippen molar-refractivity contribution in [2.24, 2.45) is 0 Å². The number of carbonyl (C=O) groups is 2. The van der Waals surface area contributed by atoms with Crippen molar-refractivity contribution in [2.45, 2.75) is 13.8 Å². The fourth-order valence-corrected chi connectivity index (χ4v) is 2.97. The minimum atomic E-state index is -0.520. The Morgan fingerprint density at radius 3 is 1.97 bits per heavy atom. The highest BCUT2D eigenvalue weighted by molar-refractivity contribution is 6.07. The molecule has 0 bridgehead atoms. The maximum atomic E-state index is 12.6. The summed E-state index contributed by atoms with van der Waals surface area (Å²) in [6, 6.07) is 18.3. The molecule has 7 heteroatoms. The molecule has 2 N–H and O–H groups in total. The van der Waals surface area contributed by atoms with Gasteiger partial charge in [-0.15, -0.1) is 0 Å². The number of aryl methyl sites for hydroxylation is 1. The number of nitro groups is 1. The summed E-state index contributed by atoms with van der Waals surface area (Å²) in [5.74, 6) is -0.713. The van der Waals surface area contributed by atoms with E-state index in [0.717, 1.165) is 5.56 Å². The van der Waals surface area contributed by atoms with Gasteiger partial charge in [-0.05, 0) is 49.7 Å². The number of anilines is 2. The van der Waals surface area contributed by atoms with E-state index < -0.39 is 10.8 Å². The molecular formula is C22H19N3O4. The van der Waals surface area contributed by atoms with Gasteiger partial charge >= 0.3 is 0 Å². The van der Waals surface area contributed by atoms with Crippen LogP contribution in [-0.2, 0) is 0 Å². The molecule has 3 aromatic rings. The second kappa shape index (κ2) is 8.35. The number of carbonyl (C=O) groups excluding carboxylic acids is 2. The van der Waals surface area contributed by atoms with E-state index >= 15 is 0 Å². The molecule has 3 rings (SSSR count). The molecule has 0 saturated carbocycles. The number of hydrogen-bond acceptors (Lipinski definition) is 4. The molecule has 0 radical (unpaired) electrons. The summed E-state index contributed by atoms with van der Waals surface area (Å²) in [5, 5.41) is 16.6. The smallest absolute Gasteiger partial charge is 0.273 e. The molecule has 3 aromatic carbocycles. The van der Waals surface area contributed by atoms with E-state index in [9.17, 15) is 19.7 Å². The monoisotopic (exact) mass is 389 g/mol. The minimum absolute atomic E-state index is 0.114. The molecule has 146 valence electrons. The van der Waals surface area contributed by atoms with Crippen LogP contribution >= 0.6 is 0 Å². The second-order valence-corrected chi connectivity index (χ2v) is 6.51. The standard InChI is InChI=1S/C22H19N3O4/c1-14-7-3-4-10-18(14)21(26)23-16-8-5-9-17(13-16)24-22(27)19-11-6-12-20(15(19)2)25(28)29/h3-13H,1-2H3,(H,23,26)(H,24,27). The Morgan fingerprint density at radius 2 is 1.34 bits per heavy atom. The molecule has 0 heterocycles. The number of amides is 2. The first-order valence-corrected chi connectivity index (χ1v) is 8.89. The van der Waals surface area contributed by atoms with Gasteiger partial charge in [0, 0.05) is 34.1 Å². The molecule has 29 heavy (non-hydrogen) atoms. The van der Waals surface area contributed by atoms with Crippen molar-refractivity contribution in [3.63, 3.8) is 0 Å². The van der Waals surface area contributed by atoms with Gasteiger partial charge in [-0.3, -0.25) is 19.7 Å². The minimum Gasteiger partial charge on any atom is -0.322 e. The van der Waals surface area contributed by atoms with Crippen molar-refractivity contribution < 1.29 is 14.5 Å². The maximum absolute atomic E-state index is 12.6. The molecule has 7 nitrogen and oxygen atoms in total. The first-order chi connectivity index (χ1) is 13.9. The Balaban J connectivity index is 1.78. The van der Waals surface area contributed by atoms with Crippen molar-refractivity contribution in [2.75, 3.05) is 10.6 Å². The normalized spacial score (nSPS) is 10.3. The van der Waals surface area contributed by atoms with Crippen LogP contribution in [0.5, 0.6) is 0 Å². The number of benzene rings is 3. The lowest BCUT2D eigenvalue weighted by molar-refractivity contribution is -0.385. The molecule has 0 saturated heterocycles. The Morgan fingerprint density at radius 1 is 0.793 bits per heavy atom. The SMILES string of the molecule is Cc1ccccc1C(=O)Nc1cccc(NC(=O)c2cccc([N+](=O)[O-])c2C)c1. The predicted molar refractivity (Wildman–Crippen MR) is 111 cm³/mol. The van der Waals surface area contributed by atoms with E-state index in [0.29, 0.717) is 22.5 Å². The van der Waals surface area contributed by atoms with E-state index in [1.807, 2.05) is 19.1 Å². The number of hydrogen-bond donors (Lipinski definition) is 2. The van der Waals surface area contributed by atoms with Gasteiger partial charge in [0.25, 0.3) is 17.5 Å². The van der Waals surface area contributed by atoms with Crippen LogP contribution in [0, 0.1) is 24.0 Å². The van der Waals surface area contributed by atoms with Crippen LogP contribution in [0.1, 0.15) is 31.8 Å². The Hall–Kier alpha value is -4.00. The zero-order valence-electron chi connectivity index (χ0n) is 15.9. The fraction of sp³-hybridized carbons (Fsp3) is 0.0909. The molecule has 0 fully saturated rings. The third-order valence-electron chi connectivity index (χ3n) is 4.51. The number of nitro benzene ring substituents is 1. The summed E-state index contributed by atoms with van der Waals surface area (Å²) < 4.78 is 0. The van der Waals surface area contributed by atoms with Crippen LogP contribution in [0.3, 0.4) is 0 Å². The summed E-state index contributed by atoms with van der Waals surface area (Å²) in [6.45, 7) is 3.39. The largest absolute Gasteiger partial charge is 0.322 e. The molecule has 0 aliphatic heterocycles. The lowest BCUT2D eigenvalue weighted by Crippen LogP contribution is -2.15. The molecule has 0 aliphatic rings. The molecule has 0 atom stereocenters. The van der Waals surface area contributed by atoms with Crippen LogP contribution in [0.2, 0.25) is 0 Å². The molecular weight excluding hydrogens is 370 g/mol.